The van der Waals surface area contributed by atoms with Gasteiger partial charge in [-0.3, -0.25) is 9.59 Å². The van der Waals surface area contributed by atoms with E-state index in [9.17, 15) is 19.5 Å². The van der Waals surface area contributed by atoms with E-state index < -0.39 is 34.9 Å². The lowest BCUT2D eigenvalue weighted by atomic mass is 9.74. The van der Waals surface area contributed by atoms with E-state index in [4.69, 9.17) is 9.47 Å². The summed E-state index contributed by atoms with van der Waals surface area (Å²) >= 11 is 0. The van der Waals surface area contributed by atoms with Crippen molar-refractivity contribution < 1.29 is 29.0 Å². The molecule has 44 heavy (non-hydrogen) atoms. The number of ether oxygens (including phenoxy) is 2. The van der Waals surface area contributed by atoms with E-state index >= 15 is 0 Å². The molecule has 2 N–H and O–H groups in total. The molecule has 2 aliphatic rings. The van der Waals surface area contributed by atoms with E-state index in [-0.39, 0.29) is 24.2 Å². The highest BCUT2D eigenvalue weighted by Crippen LogP contribution is 2.37. The summed E-state index contributed by atoms with van der Waals surface area (Å²) < 4.78 is 11.9. The second-order valence-corrected chi connectivity index (χ2v) is 14.3. The van der Waals surface area contributed by atoms with E-state index in [2.05, 4.69) is 29.7 Å². The van der Waals surface area contributed by atoms with Crippen molar-refractivity contribution >= 4 is 17.8 Å². The Morgan fingerprint density at radius 2 is 1.57 bits per heavy atom. The van der Waals surface area contributed by atoms with Gasteiger partial charge in [-0.2, -0.15) is 0 Å². The molecule has 1 aliphatic heterocycles. The largest absolute Gasteiger partial charge is 0.550 e. The van der Waals surface area contributed by atoms with Crippen molar-refractivity contribution in [3.63, 3.8) is 0 Å². The van der Waals surface area contributed by atoms with Gasteiger partial charge in [0.05, 0.1) is 18.2 Å². The number of aliphatic carboxylic acids is 1. The molecule has 3 rings (SSSR count). The fourth-order valence-corrected chi connectivity index (χ4v) is 6.78. The van der Waals surface area contributed by atoms with E-state index in [0.717, 1.165) is 44.1 Å². The summed E-state index contributed by atoms with van der Waals surface area (Å²) in [5.41, 5.74) is -0.397. The first-order valence-electron chi connectivity index (χ1n) is 17.1. The van der Waals surface area contributed by atoms with Gasteiger partial charge in [0, 0.05) is 23.7 Å². The zero-order chi connectivity index (χ0) is 32.2. The van der Waals surface area contributed by atoms with Crippen molar-refractivity contribution in [3.8, 4) is 0 Å². The Bertz CT molecular complexity index is 1050. The first-order valence-corrected chi connectivity index (χ1v) is 17.1. The standard InChI is InChI=1S/C36H58N2O6/c1-6-7-8-9-10-11-16-21-28(24-27-19-14-12-15-20-27)32(41)38-36(22-17-13-18-23-36)29(25-30(39)40)37-33(42)31-34(2,3)26-43-35(4,5)44-31/h12,14-15,19-20,28-29,31H,6-11,13,16-18,21-26H2,1-5H3,(H,37,42)(H,38,41)(H,39,40)/p-1. The second-order valence-electron chi connectivity index (χ2n) is 14.3. The third-order valence-corrected chi connectivity index (χ3v) is 9.47. The highest BCUT2D eigenvalue weighted by atomic mass is 16.7. The van der Waals surface area contributed by atoms with E-state index in [1.807, 2.05) is 32.0 Å². The molecule has 0 spiro atoms. The molecule has 2 fully saturated rings. The minimum Gasteiger partial charge on any atom is -0.550 e. The summed E-state index contributed by atoms with van der Waals surface area (Å²) in [5.74, 6) is -2.90. The lowest BCUT2D eigenvalue weighted by Crippen LogP contribution is -2.67. The van der Waals surface area contributed by atoms with Gasteiger partial charge in [0.2, 0.25) is 11.8 Å². The molecular weight excluding hydrogens is 556 g/mol. The second kappa shape index (κ2) is 16.7. The van der Waals surface area contributed by atoms with Crippen LogP contribution in [0.15, 0.2) is 30.3 Å². The first-order chi connectivity index (χ1) is 20.9. The van der Waals surface area contributed by atoms with Crippen LogP contribution in [0.25, 0.3) is 0 Å². The molecule has 8 nitrogen and oxygen atoms in total. The Balaban J connectivity index is 1.81. The fraction of sp³-hybridized carbons (Fsp3) is 0.750. The molecule has 1 saturated carbocycles. The van der Waals surface area contributed by atoms with Crippen LogP contribution in [0.4, 0.5) is 0 Å². The summed E-state index contributed by atoms with van der Waals surface area (Å²) in [7, 11) is 0. The molecular formula is C36H57N2O6-. The summed E-state index contributed by atoms with van der Waals surface area (Å²) in [6.07, 6.45) is 12.2. The number of benzene rings is 1. The Hall–Kier alpha value is -2.45. The number of hydrogen-bond acceptors (Lipinski definition) is 6. The molecule has 1 aliphatic carbocycles. The van der Waals surface area contributed by atoms with Gasteiger partial charge in [0.25, 0.3) is 0 Å². The van der Waals surface area contributed by atoms with Crippen LogP contribution in [0.1, 0.15) is 130 Å². The van der Waals surface area contributed by atoms with Crippen molar-refractivity contribution in [1.29, 1.82) is 0 Å². The van der Waals surface area contributed by atoms with Crippen LogP contribution in [0, 0.1) is 11.3 Å². The third kappa shape index (κ3) is 10.9. The number of carbonyl (C=O) groups is 3. The Kier molecular flexibility index (Phi) is 13.7. The molecule has 0 bridgehead atoms. The molecule has 0 radical (unpaired) electrons. The average molecular weight is 614 g/mol. The van der Waals surface area contributed by atoms with Crippen LogP contribution in [0.2, 0.25) is 0 Å². The number of unbranched alkanes of at least 4 members (excludes halogenated alkanes) is 6. The SMILES string of the molecule is CCCCCCCCCC(Cc1ccccc1)C(=O)NC1(C(CC(=O)[O-])NC(=O)C2OC(C)(C)OCC2(C)C)CCCCC1. The summed E-state index contributed by atoms with van der Waals surface area (Å²) in [5, 5.41) is 18.5. The topological polar surface area (TPSA) is 117 Å². The predicted octanol–water partition coefficient (Wildman–Crippen LogP) is 5.61. The van der Waals surface area contributed by atoms with Gasteiger partial charge in [-0.05, 0) is 45.1 Å². The van der Waals surface area contributed by atoms with Crippen LogP contribution in [0.3, 0.4) is 0 Å². The van der Waals surface area contributed by atoms with Crippen LogP contribution in [-0.4, -0.2) is 47.9 Å². The Labute approximate surface area is 265 Å². The van der Waals surface area contributed by atoms with Crippen molar-refractivity contribution in [3.05, 3.63) is 35.9 Å². The smallest absolute Gasteiger partial charge is 0.250 e. The molecule has 2 amide bonds. The normalized spacial score (nSPS) is 22.0. The van der Waals surface area contributed by atoms with Crippen LogP contribution >= 0.6 is 0 Å². The number of nitrogens with one attached hydrogen (secondary N) is 2. The molecule has 3 atom stereocenters. The Morgan fingerprint density at radius 1 is 0.932 bits per heavy atom. The van der Waals surface area contributed by atoms with Gasteiger partial charge < -0.3 is 30.0 Å². The molecule has 1 saturated heterocycles. The minimum absolute atomic E-state index is 0.0666. The number of hydrogen-bond donors (Lipinski definition) is 2. The zero-order valence-electron chi connectivity index (χ0n) is 27.9. The molecule has 1 aromatic rings. The average Bonchev–Trinajstić information content (AvgIpc) is 2.98. The van der Waals surface area contributed by atoms with Crippen molar-refractivity contribution in [2.24, 2.45) is 11.3 Å². The Morgan fingerprint density at radius 3 is 2.20 bits per heavy atom. The molecule has 8 heteroatoms. The highest BCUT2D eigenvalue weighted by molar-refractivity contribution is 5.84. The number of carbonyl (C=O) groups excluding carboxylic acids is 3. The van der Waals surface area contributed by atoms with Crippen LogP contribution in [-0.2, 0) is 30.3 Å². The van der Waals surface area contributed by atoms with Gasteiger partial charge in [-0.1, -0.05) is 115 Å². The number of carboxylic acid groups (broad SMARTS) is 1. The summed E-state index contributed by atoms with van der Waals surface area (Å²) in [6, 6.07) is 9.24. The first kappa shape index (κ1) is 36.0. The molecule has 3 unspecified atom stereocenters. The molecule has 248 valence electrons. The molecule has 1 heterocycles. The van der Waals surface area contributed by atoms with Gasteiger partial charge >= 0.3 is 0 Å². The predicted molar refractivity (Wildman–Crippen MR) is 170 cm³/mol. The highest BCUT2D eigenvalue weighted by Gasteiger charge is 2.48. The maximum absolute atomic E-state index is 14.2. The van der Waals surface area contributed by atoms with E-state index in [1.54, 1.807) is 13.8 Å². The van der Waals surface area contributed by atoms with Gasteiger partial charge in [0.1, 0.15) is 6.10 Å². The molecule has 0 aromatic heterocycles. The van der Waals surface area contributed by atoms with E-state index in [1.165, 1.54) is 32.1 Å². The monoisotopic (exact) mass is 613 g/mol. The summed E-state index contributed by atoms with van der Waals surface area (Å²) in [4.78, 5) is 40.0. The minimum atomic E-state index is -1.26. The van der Waals surface area contributed by atoms with Gasteiger partial charge in [-0.25, -0.2) is 0 Å². The number of carboxylic acids is 1. The fourth-order valence-electron chi connectivity index (χ4n) is 6.78. The molecule has 1 aromatic carbocycles. The maximum atomic E-state index is 14.2. The summed E-state index contributed by atoms with van der Waals surface area (Å²) in [6.45, 7) is 9.87. The van der Waals surface area contributed by atoms with Crippen molar-refractivity contribution in [1.82, 2.24) is 10.6 Å². The van der Waals surface area contributed by atoms with Crippen LogP contribution < -0.4 is 15.7 Å². The van der Waals surface area contributed by atoms with Gasteiger partial charge in [-0.15, -0.1) is 0 Å². The van der Waals surface area contributed by atoms with Crippen molar-refractivity contribution in [2.75, 3.05) is 6.61 Å². The lowest BCUT2D eigenvalue weighted by molar-refractivity contribution is -0.307. The van der Waals surface area contributed by atoms with Crippen molar-refractivity contribution in [2.45, 2.75) is 154 Å². The number of amides is 2. The van der Waals surface area contributed by atoms with E-state index in [0.29, 0.717) is 25.9 Å². The lowest BCUT2D eigenvalue weighted by Gasteiger charge is -2.48. The quantitative estimate of drug-likeness (QED) is 0.221. The van der Waals surface area contributed by atoms with Crippen LogP contribution in [0.5, 0.6) is 0 Å². The third-order valence-electron chi connectivity index (χ3n) is 9.47. The van der Waals surface area contributed by atoms with Gasteiger partial charge in [0.15, 0.2) is 5.79 Å². The zero-order valence-corrected chi connectivity index (χ0v) is 27.9. The number of rotatable bonds is 17. The maximum Gasteiger partial charge on any atom is 0.250 e.